The largest absolute Gasteiger partial charge is 0.466 e. The first-order chi connectivity index (χ1) is 7.18. The van der Waals surface area contributed by atoms with E-state index in [1.54, 1.807) is 24.3 Å². The maximum absolute atomic E-state index is 9.99. The summed E-state index contributed by atoms with van der Waals surface area (Å²) in [5.74, 6) is 0.481. The quantitative estimate of drug-likeness (QED) is 0.912. The van der Waals surface area contributed by atoms with Crippen molar-refractivity contribution >= 4 is 27.5 Å². The number of benzene rings is 1. The standard InChI is InChI=1S/C11H8BrClO2/c12-7-3-4-9(13)8(6-7)11(14)10-2-1-5-15-10/h1-6,11,14H. The summed E-state index contributed by atoms with van der Waals surface area (Å²) >= 11 is 9.31. The molecule has 0 bridgehead atoms. The van der Waals surface area contributed by atoms with Crippen molar-refractivity contribution in [3.05, 3.63) is 57.4 Å². The Labute approximate surface area is 101 Å². The van der Waals surface area contributed by atoms with Gasteiger partial charge >= 0.3 is 0 Å². The third kappa shape index (κ3) is 2.25. The maximum atomic E-state index is 9.99. The predicted molar refractivity (Wildman–Crippen MR) is 61.9 cm³/mol. The van der Waals surface area contributed by atoms with Crippen molar-refractivity contribution in [3.63, 3.8) is 0 Å². The van der Waals surface area contributed by atoms with Crippen molar-refractivity contribution in [1.29, 1.82) is 0 Å². The molecule has 0 spiro atoms. The summed E-state index contributed by atoms with van der Waals surface area (Å²) < 4.78 is 5.99. The van der Waals surface area contributed by atoms with Gasteiger partial charge in [0.2, 0.25) is 0 Å². The van der Waals surface area contributed by atoms with Gasteiger partial charge in [0.1, 0.15) is 11.9 Å². The number of halogens is 2. The summed E-state index contributed by atoms with van der Waals surface area (Å²) in [6, 6.07) is 8.76. The highest BCUT2D eigenvalue weighted by Crippen LogP contribution is 2.30. The Morgan fingerprint density at radius 3 is 2.80 bits per heavy atom. The molecule has 1 heterocycles. The van der Waals surface area contributed by atoms with Crippen molar-refractivity contribution in [2.75, 3.05) is 0 Å². The molecule has 1 aromatic carbocycles. The van der Waals surface area contributed by atoms with E-state index >= 15 is 0 Å². The Balaban J connectivity index is 2.41. The number of rotatable bonds is 2. The van der Waals surface area contributed by atoms with E-state index in [1.165, 1.54) is 6.26 Å². The normalized spacial score (nSPS) is 12.7. The summed E-state index contributed by atoms with van der Waals surface area (Å²) in [6.45, 7) is 0. The second kappa shape index (κ2) is 4.39. The Bertz CT molecular complexity index is 454. The molecule has 2 rings (SSSR count). The molecular weight excluding hydrogens is 279 g/mol. The summed E-state index contributed by atoms with van der Waals surface area (Å²) in [6.07, 6.45) is 0.690. The first-order valence-corrected chi connectivity index (χ1v) is 5.52. The number of hydrogen-bond acceptors (Lipinski definition) is 2. The van der Waals surface area contributed by atoms with Crippen molar-refractivity contribution in [2.24, 2.45) is 0 Å². The van der Waals surface area contributed by atoms with Gasteiger partial charge in [0.05, 0.1) is 6.26 Å². The van der Waals surface area contributed by atoms with Gasteiger partial charge in [0.15, 0.2) is 0 Å². The van der Waals surface area contributed by atoms with Crippen LogP contribution in [0.15, 0.2) is 45.5 Å². The number of furan rings is 1. The number of aliphatic hydroxyl groups excluding tert-OH is 1. The van der Waals surface area contributed by atoms with Gasteiger partial charge in [-0.15, -0.1) is 0 Å². The van der Waals surface area contributed by atoms with Crippen molar-refractivity contribution in [1.82, 2.24) is 0 Å². The van der Waals surface area contributed by atoms with E-state index in [4.69, 9.17) is 16.0 Å². The first kappa shape index (κ1) is 10.7. The lowest BCUT2D eigenvalue weighted by Crippen LogP contribution is -1.98. The van der Waals surface area contributed by atoms with Crippen LogP contribution in [0.1, 0.15) is 17.4 Å². The zero-order valence-electron chi connectivity index (χ0n) is 7.65. The highest BCUT2D eigenvalue weighted by atomic mass is 79.9. The molecule has 0 saturated carbocycles. The lowest BCUT2D eigenvalue weighted by atomic mass is 10.1. The molecule has 15 heavy (non-hydrogen) atoms. The second-order valence-corrected chi connectivity index (χ2v) is 4.41. The molecule has 78 valence electrons. The van der Waals surface area contributed by atoms with Crippen LogP contribution in [0.4, 0.5) is 0 Å². The molecule has 0 aliphatic heterocycles. The molecule has 0 saturated heterocycles. The molecule has 1 atom stereocenters. The van der Waals surface area contributed by atoms with Gasteiger partial charge in [0.25, 0.3) is 0 Å². The summed E-state index contributed by atoms with van der Waals surface area (Å²) in [7, 11) is 0. The van der Waals surface area contributed by atoms with Crippen molar-refractivity contribution in [3.8, 4) is 0 Å². The molecule has 0 aliphatic rings. The van der Waals surface area contributed by atoms with E-state index in [0.717, 1.165) is 4.47 Å². The molecule has 1 N–H and O–H groups in total. The van der Waals surface area contributed by atoms with Crippen molar-refractivity contribution in [2.45, 2.75) is 6.10 Å². The Hall–Kier alpha value is -0.770. The molecular formula is C11H8BrClO2. The van der Waals surface area contributed by atoms with Gasteiger partial charge in [-0.2, -0.15) is 0 Å². The highest BCUT2D eigenvalue weighted by Gasteiger charge is 2.16. The van der Waals surface area contributed by atoms with E-state index in [1.807, 2.05) is 6.07 Å². The van der Waals surface area contributed by atoms with Crippen LogP contribution in [0.3, 0.4) is 0 Å². The van der Waals surface area contributed by atoms with Gasteiger partial charge < -0.3 is 9.52 Å². The van der Waals surface area contributed by atoms with E-state index in [2.05, 4.69) is 15.9 Å². The van der Waals surface area contributed by atoms with Crippen molar-refractivity contribution < 1.29 is 9.52 Å². The third-order valence-corrected chi connectivity index (χ3v) is 2.90. The molecule has 0 radical (unpaired) electrons. The van der Waals surface area contributed by atoms with E-state index in [-0.39, 0.29) is 0 Å². The van der Waals surface area contributed by atoms with Gasteiger partial charge in [-0.05, 0) is 30.3 Å². The van der Waals surface area contributed by atoms with Crippen LogP contribution in [0.5, 0.6) is 0 Å². The van der Waals surface area contributed by atoms with E-state index in [9.17, 15) is 5.11 Å². The molecule has 2 nitrogen and oxygen atoms in total. The van der Waals surface area contributed by atoms with Crippen LogP contribution in [-0.4, -0.2) is 5.11 Å². The summed E-state index contributed by atoms with van der Waals surface area (Å²) in [4.78, 5) is 0. The lowest BCUT2D eigenvalue weighted by molar-refractivity contribution is 0.189. The molecule has 2 aromatic rings. The van der Waals surface area contributed by atoms with E-state index in [0.29, 0.717) is 16.3 Å². The highest BCUT2D eigenvalue weighted by molar-refractivity contribution is 9.10. The molecule has 0 fully saturated rings. The monoisotopic (exact) mass is 286 g/mol. The smallest absolute Gasteiger partial charge is 0.138 e. The van der Waals surface area contributed by atoms with Crippen LogP contribution < -0.4 is 0 Å². The van der Waals surface area contributed by atoms with Crippen LogP contribution in [0, 0.1) is 0 Å². The second-order valence-electron chi connectivity index (χ2n) is 3.08. The van der Waals surface area contributed by atoms with Crippen LogP contribution in [-0.2, 0) is 0 Å². The number of aliphatic hydroxyl groups is 1. The minimum Gasteiger partial charge on any atom is -0.466 e. The molecule has 0 amide bonds. The van der Waals surface area contributed by atoms with Crippen LogP contribution >= 0.6 is 27.5 Å². The Morgan fingerprint density at radius 2 is 2.13 bits per heavy atom. The third-order valence-electron chi connectivity index (χ3n) is 2.07. The lowest BCUT2D eigenvalue weighted by Gasteiger charge is -2.10. The van der Waals surface area contributed by atoms with Gasteiger partial charge in [0, 0.05) is 15.1 Å². The summed E-state index contributed by atoms with van der Waals surface area (Å²) in [5.41, 5.74) is 0.626. The number of hydrogen-bond donors (Lipinski definition) is 1. The molecule has 4 heteroatoms. The fraction of sp³-hybridized carbons (Fsp3) is 0.0909. The average molecular weight is 288 g/mol. The molecule has 1 unspecified atom stereocenters. The van der Waals surface area contributed by atoms with Gasteiger partial charge in [-0.3, -0.25) is 0 Å². The topological polar surface area (TPSA) is 33.4 Å². The fourth-order valence-electron chi connectivity index (χ4n) is 1.32. The SMILES string of the molecule is OC(c1ccco1)c1cc(Br)ccc1Cl. The summed E-state index contributed by atoms with van der Waals surface area (Å²) in [5, 5.41) is 10.5. The fourth-order valence-corrected chi connectivity index (χ4v) is 1.92. The Morgan fingerprint density at radius 1 is 1.33 bits per heavy atom. The van der Waals surface area contributed by atoms with Crippen LogP contribution in [0.2, 0.25) is 5.02 Å². The zero-order chi connectivity index (χ0) is 10.8. The molecule has 1 aromatic heterocycles. The maximum Gasteiger partial charge on any atom is 0.138 e. The first-order valence-electron chi connectivity index (χ1n) is 4.35. The average Bonchev–Trinajstić information content (AvgIpc) is 2.74. The van der Waals surface area contributed by atoms with Gasteiger partial charge in [-0.1, -0.05) is 27.5 Å². The van der Waals surface area contributed by atoms with Gasteiger partial charge in [-0.25, -0.2) is 0 Å². The molecule has 0 aliphatic carbocycles. The van der Waals surface area contributed by atoms with Crippen LogP contribution in [0.25, 0.3) is 0 Å². The Kier molecular flexibility index (Phi) is 3.14. The minimum atomic E-state index is -0.829. The zero-order valence-corrected chi connectivity index (χ0v) is 9.99. The minimum absolute atomic E-state index is 0.481. The van der Waals surface area contributed by atoms with E-state index < -0.39 is 6.10 Å². The predicted octanol–water partition coefficient (Wildman–Crippen LogP) is 3.78.